The Bertz CT molecular complexity index is 1020. The van der Waals surface area contributed by atoms with E-state index in [-0.39, 0.29) is 43.7 Å². The lowest BCUT2D eigenvalue weighted by molar-refractivity contribution is -0.151. The van der Waals surface area contributed by atoms with Crippen LogP contribution in [0.4, 0.5) is 8.78 Å². The molecule has 0 aromatic heterocycles. The number of likely N-dealkylation sites (tertiary alicyclic amines) is 1. The molecule has 0 aromatic rings. The van der Waals surface area contributed by atoms with Gasteiger partial charge in [0.1, 0.15) is 12.1 Å². The second kappa shape index (κ2) is 11.2. The second-order valence-electron chi connectivity index (χ2n) is 12.0. The van der Waals surface area contributed by atoms with E-state index in [2.05, 4.69) is 16.1 Å². The maximum Gasteiger partial charge on any atom is 0.291 e. The zero-order valence-electron chi connectivity index (χ0n) is 22.6. The molecule has 39 heavy (non-hydrogen) atoms. The lowest BCUT2D eigenvalue weighted by atomic mass is 9.80. The predicted molar refractivity (Wildman–Crippen MR) is 137 cm³/mol. The van der Waals surface area contributed by atoms with Gasteiger partial charge in [0.15, 0.2) is 5.67 Å². The number of halogens is 3. The zero-order valence-corrected chi connectivity index (χ0v) is 23.4. The molecular weight excluding hydrogens is 536 g/mol. The van der Waals surface area contributed by atoms with Crippen molar-refractivity contribution in [2.24, 2.45) is 23.2 Å². The Morgan fingerprint density at radius 2 is 1.92 bits per heavy atom. The number of hydrazine groups is 1. The fourth-order valence-corrected chi connectivity index (χ4v) is 6.09. The number of fused-ring (bicyclic) bond motifs is 1. The zero-order chi connectivity index (χ0) is 28.7. The number of nitrogens with zero attached hydrogens (tertiary/aromatic N) is 2. The summed E-state index contributed by atoms with van der Waals surface area (Å²) >= 11 is 5.41. The minimum Gasteiger partial charge on any atom is -0.356 e. The molecule has 2 heterocycles. The third-order valence-corrected chi connectivity index (χ3v) is 9.20. The van der Waals surface area contributed by atoms with Gasteiger partial charge >= 0.3 is 0 Å². The highest BCUT2D eigenvalue weighted by molar-refractivity contribution is 6.29. The Balaban J connectivity index is 1.58. The fourth-order valence-electron chi connectivity index (χ4n) is 5.97. The van der Waals surface area contributed by atoms with Gasteiger partial charge in [-0.2, -0.15) is 0 Å². The standard InChI is InChI=1S/C26H38ClF2N5O5/c1-4-25(2,3)18(31-24(39)26(29)9-10-26)22(37)33-12-14-6-5-7-16(14)17(33)21(36)32-34(23(38)19(27)28)13-15-8-11-30-20(15)35/h14-19H,4-13H2,1-3H3,(H,30,35)(H,31,39)(H,32,36)/t14-,15-,16-,17-,18?,19?/m0/s1. The number of amides is 5. The number of rotatable bonds is 9. The van der Waals surface area contributed by atoms with Gasteiger partial charge in [-0.25, -0.2) is 13.8 Å². The molecular formula is C26H38ClF2N5O5. The first-order valence-corrected chi connectivity index (χ1v) is 14.2. The smallest absolute Gasteiger partial charge is 0.291 e. The molecule has 0 radical (unpaired) electrons. The van der Waals surface area contributed by atoms with E-state index in [9.17, 15) is 32.8 Å². The van der Waals surface area contributed by atoms with E-state index in [4.69, 9.17) is 11.6 Å². The van der Waals surface area contributed by atoms with Gasteiger partial charge in [-0.15, -0.1) is 0 Å². The summed E-state index contributed by atoms with van der Waals surface area (Å²) < 4.78 is 28.4. The molecule has 13 heteroatoms. The highest BCUT2D eigenvalue weighted by Crippen LogP contribution is 2.44. The second-order valence-corrected chi connectivity index (χ2v) is 12.4. The average Bonchev–Trinajstić information content (AvgIpc) is 3.19. The Labute approximate surface area is 231 Å². The van der Waals surface area contributed by atoms with Crippen LogP contribution < -0.4 is 16.1 Å². The summed E-state index contributed by atoms with van der Waals surface area (Å²) in [5, 5.41) is 5.99. The SMILES string of the molecule is CCC(C)(C)C(NC(=O)C1(F)CC1)C(=O)N1C[C@@H]2CCC[C@@H]2[C@H]1C(=O)NN(C[C@@H]1CCNC1=O)C(=O)C(F)Cl. The normalized spacial score (nSPS) is 28.8. The number of carbonyl (C=O) groups is 5. The van der Waals surface area contributed by atoms with Crippen LogP contribution in [0.3, 0.4) is 0 Å². The molecule has 0 bridgehead atoms. The lowest BCUT2D eigenvalue weighted by Crippen LogP contribution is -2.61. The van der Waals surface area contributed by atoms with Gasteiger partial charge in [0.05, 0.1) is 12.5 Å². The quantitative estimate of drug-likeness (QED) is 0.285. The van der Waals surface area contributed by atoms with Crippen molar-refractivity contribution in [3.05, 3.63) is 0 Å². The summed E-state index contributed by atoms with van der Waals surface area (Å²) in [6.45, 7) is 5.87. The van der Waals surface area contributed by atoms with Crippen LogP contribution in [0.25, 0.3) is 0 Å². The number of carbonyl (C=O) groups excluding carboxylic acids is 5. The topological polar surface area (TPSA) is 128 Å². The van der Waals surface area contributed by atoms with Crippen molar-refractivity contribution >= 4 is 41.1 Å². The van der Waals surface area contributed by atoms with Crippen LogP contribution in [0.15, 0.2) is 0 Å². The van der Waals surface area contributed by atoms with Crippen molar-refractivity contribution in [3.63, 3.8) is 0 Å². The summed E-state index contributed by atoms with van der Waals surface area (Å²) in [5.41, 5.74) is -2.70. The molecule has 218 valence electrons. The molecule has 5 amide bonds. The molecule has 2 saturated carbocycles. The lowest BCUT2D eigenvalue weighted by Gasteiger charge is -2.38. The molecule has 4 aliphatic rings. The Morgan fingerprint density at radius 1 is 1.23 bits per heavy atom. The van der Waals surface area contributed by atoms with Gasteiger partial charge in [0.25, 0.3) is 23.4 Å². The van der Waals surface area contributed by atoms with Crippen LogP contribution in [0.5, 0.6) is 0 Å². The first-order chi connectivity index (χ1) is 18.3. The molecule has 0 spiro atoms. The molecule has 6 atom stereocenters. The highest BCUT2D eigenvalue weighted by Gasteiger charge is 2.55. The van der Waals surface area contributed by atoms with E-state index in [0.717, 1.165) is 17.9 Å². The van der Waals surface area contributed by atoms with E-state index >= 15 is 0 Å². The van der Waals surface area contributed by atoms with Crippen LogP contribution in [0.2, 0.25) is 0 Å². The number of hydrogen-bond donors (Lipinski definition) is 3. The summed E-state index contributed by atoms with van der Waals surface area (Å²) in [7, 11) is 0. The minimum atomic E-state index is -2.43. The molecule has 3 N–H and O–H groups in total. The maximum atomic E-state index is 14.6. The Hall–Kier alpha value is -2.50. The Kier molecular flexibility index (Phi) is 8.45. The molecule has 2 unspecified atom stereocenters. The molecule has 0 aromatic carbocycles. The molecule has 2 aliphatic heterocycles. The monoisotopic (exact) mass is 573 g/mol. The van der Waals surface area contributed by atoms with Gasteiger partial charge in [-0.1, -0.05) is 38.8 Å². The van der Waals surface area contributed by atoms with Crippen molar-refractivity contribution in [2.45, 2.75) is 89.1 Å². The Morgan fingerprint density at radius 3 is 2.49 bits per heavy atom. The molecule has 4 rings (SSSR count). The van der Waals surface area contributed by atoms with Crippen LogP contribution in [-0.4, -0.2) is 82.5 Å². The molecule has 10 nitrogen and oxygen atoms in total. The third kappa shape index (κ3) is 6.00. The third-order valence-electron chi connectivity index (χ3n) is 9.02. The van der Waals surface area contributed by atoms with E-state index in [0.29, 0.717) is 25.8 Å². The van der Waals surface area contributed by atoms with E-state index in [1.807, 2.05) is 6.92 Å². The van der Waals surface area contributed by atoms with Gasteiger partial charge in [-0.05, 0) is 55.8 Å². The van der Waals surface area contributed by atoms with Crippen LogP contribution in [0.1, 0.15) is 65.7 Å². The van der Waals surface area contributed by atoms with Crippen molar-refractivity contribution in [3.8, 4) is 0 Å². The van der Waals surface area contributed by atoms with Gasteiger partial charge in [0, 0.05) is 13.1 Å². The molecule has 2 saturated heterocycles. The van der Waals surface area contributed by atoms with Gasteiger partial charge in [-0.3, -0.25) is 29.4 Å². The summed E-state index contributed by atoms with van der Waals surface area (Å²) in [6.07, 6.45) is 3.45. The summed E-state index contributed by atoms with van der Waals surface area (Å²) in [5.74, 6) is -4.35. The van der Waals surface area contributed by atoms with Crippen molar-refractivity contribution in [1.82, 2.24) is 26.0 Å². The van der Waals surface area contributed by atoms with Crippen molar-refractivity contribution in [2.75, 3.05) is 19.6 Å². The van der Waals surface area contributed by atoms with Crippen molar-refractivity contribution in [1.29, 1.82) is 0 Å². The van der Waals surface area contributed by atoms with Crippen LogP contribution >= 0.6 is 11.6 Å². The van der Waals surface area contributed by atoms with Gasteiger partial charge < -0.3 is 15.5 Å². The molecule has 2 aliphatic carbocycles. The first-order valence-electron chi connectivity index (χ1n) is 13.8. The first kappa shape index (κ1) is 29.5. The number of nitrogens with one attached hydrogen (secondary N) is 3. The molecule has 4 fully saturated rings. The van der Waals surface area contributed by atoms with Crippen LogP contribution in [0, 0.1) is 23.2 Å². The predicted octanol–water partition coefficient (Wildman–Crippen LogP) is 1.57. The van der Waals surface area contributed by atoms with Crippen molar-refractivity contribution < 1.29 is 32.8 Å². The van der Waals surface area contributed by atoms with E-state index in [1.165, 1.54) is 4.90 Å². The fraction of sp³-hybridized carbons (Fsp3) is 0.808. The average molecular weight is 574 g/mol. The van der Waals surface area contributed by atoms with E-state index in [1.54, 1.807) is 13.8 Å². The largest absolute Gasteiger partial charge is 0.356 e. The van der Waals surface area contributed by atoms with Crippen LogP contribution in [-0.2, 0) is 24.0 Å². The van der Waals surface area contributed by atoms with Gasteiger partial charge in [0.2, 0.25) is 11.8 Å². The maximum absolute atomic E-state index is 14.6. The van der Waals surface area contributed by atoms with E-state index < -0.39 is 58.3 Å². The summed E-state index contributed by atoms with van der Waals surface area (Å²) in [4.78, 5) is 66.4. The highest BCUT2D eigenvalue weighted by atomic mass is 35.5. The minimum absolute atomic E-state index is 0.0356. The summed E-state index contributed by atoms with van der Waals surface area (Å²) in [6, 6.07) is -2.06. The number of alkyl halides is 3. The number of hydrogen-bond acceptors (Lipinski definition) is 5.